The highest BCUT2D eigenvalue weighted by atomic mass is 32.2. The summed E-state index contributed by atoms with van der Waals surface area (Å²) in [6.07, 6.45) is 0.260. The van der Waals surface area contributed by atoms with Gasteiger partial charge in [0.05, 0.1) is 37.3 Å². The van der Waals surface area contributed by atoms with Crippen LogP contribution in [0.15, 0.2) is 71.6 Å². The van der Waals surface area contributed by atoms with Crippen LogP contribution in [0.25, 0.3) is 0 Å². The number of hydrogen-bond donors (Lipinski definition) is 1. The van der Waals surface area contributed by atoms with Crippen molar-refractivity contribution in [2.75, 3.05) is 30.4 Å². The lowest BCUT2D eigenvalue weighted by atomic mass is 10.1. The first kappa shape index (κ1) is 24.6. The number of anilines is 2. The number of rotatable bonds is 9. The third kappa shape index (κ3) is 5.66. The van der Waals surface area contributed by atoms with E-state index in [2.05, 4.69) is 11.4 Å². The van der Waals surface area contributed by atoms with Gasteiger partial charge in [0.2, 0.25) is 5.91 Å². The minimum atomic E-state index is -4.08. The summed E-state index contributed by atoms with van der Waals surface area (Å²) in [6.45, 7) is 1.39. The van der Waals surface area contributed by atoms with Crippen molar-refractivity contribution >= 4 is 27.3 Å². The summed E-state index contributed by atoms with van der Waals surface area (Å²) in [4.78, 5) is 12.9. The fraction of sp³-hybridized carbons (Fsp3) is 0.200. The summed E-state index contributed by atoms with van der Waals surface area (Å²) < 4.78 is 38.7. The first-order chi connectivity index (χ1) is 16.3. The number of hydrogen-bond acceptors (Lipinski definition) is 6. The van der Waals surface area contributed by atoms with Crippen LogP contribution in [0.1, 0.15) is 11.1 Å². The molecular weight excluding hydrogens is 454 g/mol. The predicted molar refractivity (Wildman–Crippen MR) is 130 cm³/mol. The molecule has 0 bridgehead atoms. The second-order valence-electron chi connectivity index (χ2n) is 7.44. The zero-order valence-electron chi connectivity index (χ0n) is 19.1. The zero-order valence-corrected chi connectivity index (χ0v) is 19.9. The molecule has 34 heavy (non-hydrogen) atoms. The molecule has 0 radical (unpaired) electrons. The van der Waals surface area contributed by atoms with Gasteiger partial charge in [0.15, 0.2) is 11.5 Å². The monoisotopic (exact) mass is 479 g/mol. The molecule has 0 spiro atoms. The minimum absolute atomic E-state index is 0.0570. The van der Waals surface area contributed by atoms with Gasteiger partial charge < -0.3 is 14.8 Å². The molecule has 0 unspecified atom stereocenters. The molecule has 3 aromatic carbocycles. The highest BCUT2D eigenvalue weighted by molar-refractivity contribution is 7.92. The third-order valence-electron chi connectivity index (χ3n) is 5.07. The van der Waals surface area contributed by atoms with Crippen LogP contribution in [0.4, 0.5) is 11.4 Å². The third-order valence-corrected chi connectivity index (χ3v) is 6.86. The Balaban J connectivity index is 1.95. The molecule has 0 aliphatic carbocycles. The molecule has 0 fully saturated rings. The van der Waals surface area contributed by atoms with Gasteiger partial charge in [0.25, 0.3) is 10.0 Å². The number of aryl methyl sites for hydroxylation is 1. The van der Waals surface area contributed by atoms with E-state index in [1.807, 2.05) is 6.92 Å². The fourth-order valence-corrected chi connectivity index (χ4v) is 4.67. The van der Waals surface area contributed by atoms with Crippen molar-refractivity contribution in [2.24, 2.45) is 0 Å². The number of methoxy groups -OCH3 is 2. The molecule has 8 nitrogen and oxygen atoms in total. The van der Waals surface area contributed by atoms with Crippen LogP contribution in [-0.4, -0.2) is 35.1 Å². The zero-order chi connectivity index (χ0) is 24.7. The summed E-state index contributed by atoms with van der Waals surface area (Å²) >= 11 is 0. The van der Waals surface area contributed by atoms with E-state index in [1.54, 1.807) is 48.5 Å². The molecule has 0 atom stereocenters. The summed E-state index contributed by atoms with van der Waals surface area (Å²) in [5.74, 6) is 0.233. The molecule has 1 amide bonds. The second-order valence-corrected chi connectivity index (χ2v) is 9.31. The van der Waals surface area contributed by atoms with Crippen LogP contribution in [0, 0.1) is 18.3 Å². The molecule has 176 valence electrons. The predicted octanol–water partition coefficient (Wildman–Crippen LogP) is 3.91. The first-order valence-electron chi connectivity index (χ1n) is 10.4. The molecule has 0 aliphatic heterocycles. The largest absolute Gasteiger partial charge is 0.493 e. The van der Waals surface area contributed by atoms with Gasteiger partial charge in [-0.3, -0.25) is 9.10 Å². The summed E-state index contributed by atoms with van der Waals surface area (Å²) in [6, 6.07) is 19.9. The van der Waals surface area contributed by atoms with Gasteiger partial charge in [-0.15, -0.1) is 0 Å². The van der Waals surface area contributed by atoms with E-state index in [1.165, 1.54) is 32.4 Å². The Kier molecular flexibility index (Phi) is 7.76. The average Bonchev–Trinajstić information content (AvgIpc) is 2.83. The van der Waals surface area contributed by atoms with Crippen molar-refractivity contribution in [2.45, 2.75) is 18.2 Å². The van der Waals surface area contributed by atoms with Gasteiger partial charge in [0.1, 0.15) is 6.54 Å². The van der Waals surface area contributed by atoms with Crippen LogP contribution in [0.3, 0.4) is 0 Å². The van der Waals surface area contributed by atoms with Crippen molar-refractivity contribution in [3.8, 4) is 17.6 Å². The van der Waals surface area contributed by atoms with E-state index in [0.29, 0.717) is 17.2 Å². The minimum Gasteiger partial charge on any atom is -0.493 e. The standard InChI is InChI=1S/C25H25N3O5S/c1-18-4-11-22(12-5-18)34(30,31)28(21-10-13-23(32-2)24(16-21)33-3)17-25(29)27-20-8-6-19(7-9-20)14-15-26/h4-13,16H,14,17H2,1-3H3,(H,27,29). The molecule has 3 rings (SSSR count). The second kappa shape index (κ2) is 10.7. The Bertz CT molecular complexity index is 1300. The Morgan fingerprint density at radius 1 is 0.971 bits per heavy atom. The quantitative estimate of drug-likeness (QED) is 0.498. The number of benzene rings is 3. The SMILES string of the molecule is COc1ccc(N(CC(=O)Nc2ccc(CC#N)cc2)S(=O)(=O)c2ccc(C)cc2)cc1OC. The average molecular weight is 480 g/mol. The number of carbonyl (C=O) groups is 1. The number of carbonyl (C=O) groups excluding carboxylic acids is 1. The summed E-state index contributed by atoms with van der Waals surface area (Å²) in [5.41, 5.74) is 2.47. The number of nitrogens with one attached hydrogen (secondary N) is 1. The number of nitriles is 1. The Morgan fingerprint density at radius 3 is 2.21 bits per heavy atom. The lowest BCUT2D eigenvalue weighted by molar-refractivity contribution is -0.114. The van der Waals surface area contributed by atoms with E-state index in [-0.39, 0.29) is 17.0 Å². The van der Waals surface area contributed by atoms with E-state index < -0.39 is 22.5 Å². The van der Waals surface area contributed by atoms with E-state index in [9.17, 15) is 13.2 Å². The van der Waals surface area contributed by atoms with Crippen LogP contribution in [0.2, 0.25) is 0 Å². The van der Waals surface area contributed by atoms with Crippen LogP contribution in [-0.2, 0) is 21.2 Å². The Labute approximate surface area is 199 Å². The van der Waals surface area contributed by atoms with E-state index in [0.717, 1.165) is 15.4 Å². The highest BCUT2D eigenvalue weighted by Crippen LogP contribution is 2.33. The van der Waals surface area contributed by atoms with Gasteiger partial charge in [-0.1, -0.05) is 29.8 Å². The van der Waals surface area contributed by atoms with Gasteiger partial charge in [-0.05, 0) is 48.9 Å². The summed E-state index contributed by atoms with van der Waals surface area (Å²) in [7, 11) is -1.15. The maximum absolute atomic E-state index is 13.5. The topological polar surface area (TPSA) is 109 Å². The van der Waals surface area contributed by atoms with Crippen molar-refractivity contribution in [3.63, 3.8) is 0 Å². The van der Waals surface area contributed by atoms with Gasteiger partial charge in [-0.25, -0.2) is 8.42 Å². The summed E-state index contributed by atoms with van der Waals surface area (Å²) in [5, 5.41) is 11.5. The lowest BCUT2D eigenvalue weighted by Crippen LogP contribution is -2.38. The van der Waals surface area contributed by atoms with Gasteiger partial charge >= 0.3 is 0 Å². The Hall–Kier alpha value is -4.03. The van der Waals surface area contributed by atoms with Crippen molar-refractivity contribution in [1.82, 2.24) is 0 Å². The smallest absolute Gasteiger partial charge is 0.264 e. The van der Waals surface area contributed by atoms with Crippen LogP contribution < -0.4 is 19.1 Å². The van der Waals surface area contributed by atoms with Crippen molar-refractivity contribution in [1.29, 1.82) is 5.26 Å². The fourth-order valence-electron chi connectivity index (χ4n) is 3.26. The molecule has 0 saturated heterocycles. The van der Waals surface area contributed by atoms with Crippen molar-refractivity contribution < 1.29 is 22.7 Å². The first-order valence-corrected chi connectivity index (χ1v) is 11.8. The maximum Gasteiger partial charge on any atom is 0.264 e. The van der Waals surface area contributed by atoms with Crippen LogP contribution in [0.5, 0.6) is 11.5 Å². The molecule has 0 aliphatic rings. The number of nitrogens with zero attached hydrogens (tertiary/aromatic N) is 2. The molecule has 0 saturated carbocycles. The van der Waals surface area contributed by atoms with Gasteiger partial charge in [0, 0.05) is 11.8 Å². The number of amides is 1. The lowest BCUT2D eigenvalue weighted by Gasteiger charge is -2.25. The normalized spacial score (nSPS) is 10.8. The number of ether oxygens (including phenoxy) is 2. The van der Waals surface area contributed by atoms with E-state index in [4.69, 9.17) is 14.7 Å². The highest BCUT2D eigenvalue weighted by Gasteiger charge is 2.28. The molecule has 1 N–H and O–H groups in total. The molecule has 3 aromatic rings. The maximum atomic E-state index is 13.5. The molecule has 9 heteroatoms. The Morgan fingerprint density at radius 2 is 1.62 bits per heavy atom. The molecule has 0 aromatic heterocycles. The number of sulfonamides is 1. The molecule has 0 heterocycles. The molecular formula is C25H25N3O5S. The van der Waals surface area contributed by atoms with E-state index >= 15 is 0 Å². The van der Waals surface area contributed by atoms with Crippen molar-refractivity contribution in [3.05, 3.63) is 77.9 Å². The van der Waals surface area contributed by atoms with Crippen LogP contribution >= 0.6 is 0 Å². The van der Waals surface area contributed by atoms with Gasteiger partial charge in [-0.2, -0.15) is 5.26 Å².